The lowest BCUT2D eigenvalue weighted by Gasteiger charge is -2.37. The number of rotatable bonds is 6. The molecule has 4 rings (SSSR count). The minimum Gasteiger partial charge on any atom is -0.506 e. The highest BCUT2D eigenvalue weighted by Gasteiger charge is 2.21. The van der Waals surface area contributed by atoms with Gasteiger partial charge in [0, 0.05) is 51.9 Å². The van der Waals surface area contributed by atoms with E-state index in [0.717, 1.165) is 62.2 Å². The number of aromatic hydroxyl groups is 1. The highest BCUT2D eigenvalue weighted by atomic mass is 19.1. The molecule has 1 saturated heterocycles. The number of piperazine rings is 1. The van der Waals surface area contributed by atoms with E-state index < -0.39 is 0 Å². The molecule has 1 aliphatic rings. The average Bonchev–Trinajstić information content (AvgIpc) is 3.28. The van der Waals surface area contributed by atoms with Crippen LogP contribution in [0.25, 0.3) is 5.69 Å². The van der Waals surface area contributed by atoms with E-state index in [4.69, 9.17) is 4.99 Å². The Morgan fingerprint density at radius 3 is 2.53 bits per heavy atom. The van der Waals surface area contributed by atoms with Crippen LogP contribution in [0.1, 0.15) is 12.6 Å². The van der Waals surface area contributed by atoms with Gasteiger partial charge in [0.15, 0.2) is 5.96 Å². The third-order valence-electron chi connectivity index (χ3n) is 5.50. The van der Waals surface area contributed by atoms with Gasteiger partial charge >= 0.3 is 0 Å². The lowest BCUT2D eigenvalue weighted by Crippen LogP contribution is -2.52. The number of phenols is 1. The number of anilines is 1. The molecular formula is C24H29FN6O. The summed E-state index contributed by atoms with van der Waals surface area (Å²) in [6.45, 7) is 6.81. The van der Waals surface area contributed by atoms with E-state index in [0.29, 0.717) is 12.3 Å². The number of hydrogen-bond acceptors (Lipinski definition) is 4. The molecule has 0 aliphatic carbocycles. The van der Waals surface area contributed by atoms with E-state index in [1.807, 2.05) is 30.5 Å². The zero-order valence-corrected chi connectivity index (χ0v) is 18.3. The SMILES string of the molecule is CCNC(=NCCc1ccn(-c2ccc(F)cc2)n1)N1CCN(c2ccccc2O)CC1. The Balaban J connectivity index is 1.34. The molecular weight excluding hydrogens is 407 g/mol. The summed E-state index contributed by atoms with van der Waals surface area (Å²) in [5.41, 5.74) is 2.65. The lowest BCUT2D eigenvalue weighted by atomic mass is 10.2. The summed E-state index contributed by atoms with van der Waals surface area (Å²) in [5, 5.41) is 18.1. The standard InChI is InChI=1S/C24H29FN6O/c1-2-26-24(30-17-15-29(16-18-30)22-5-3-4-6-23(22)32)27-13-11-20-12-14-31(28-20)21-9-7-19(25)8-10-21/h3-10,12,14,32H,2,11,13,15-18H2,1H3,(H,26,27). The fraction of sp³-hybridized carbons (Fsp3) is 0.333. The summed E-state index contributed by atoms with van der Waals surface area (Å²) in [7, 11) is 0. The highest BCUT2D eigenvalue weighted by Crippen LogP contribution is 2.27. The molecule has 2 aromatic carbocycles. The first-order valence-corrected chi connectivity index (χ1v) is 11.0. The molecule has 1 fully saturated rings. The molecule has 0 atom stereocenters. The van der Waals surface area contributed by atoms with Gasteiger partial charge in [0.25, 0.3) is 0 Å². The van der Waals surface area contributed by atoms with Crippen molar-refractivity contribution in [1.82, 2.24) is 20.0 Å². The van der Waals surface area contributed by atoms with E-state index in [9.17, 15) is 9.50 Å². The second kappa shape index (κ2) is 10.2. The van der Waals surface area contributed by atoms with Crippen LogP contribution in [0.5, 0.6) is 5.75 Å². The van der Waals surface area contributed by atoms with Crippen molar-refractivity contribution in [2.24, 2.45) is 4.99 Å². The zero-order valence-electron chi connectivity index (χ0n) is 18.3. The molecule has 0 radical (unpaired) electrons. The summed E-state index contributed by atoms with van der Waals surface area (Å²) in [6, 6.07) is 15.7. The molecule has 0 bridgehead atoms. The molecule has 168 valence electrons. The van der Waals surface area contributed by atoms with Gasteiger partial charge < -0.3 is 20.2 Å². The molecule has 2 heterocycles. The van der Waals surface area contributed by atoms with Crippen LogP contribution in [-0.2, 0) is 6.42 Å². The number of guanidine groups is 1. The summed E-state index contributed by atoms with van der Waals surface area (Å²) in [6.07, 6.45) is 2.61. The van der Waals surface area contributed by atoms with Crippen molar-refractivity contribution in [2.45, 2.75) is 13.3 Å². The number of nitrogens with one attached hydrogen (secondary N) is 1. The van der Waals surface area contributed by atoms with Gasteiger partial charge in [-0.25, -0.2) is 9.07 Å². The van der Waals surface area contributed by atoms with Crippen LogP contribution in [-0.4, -0.2) is 65.0 Å². The van der Waals surface area contributed by atoms with Crippen molar-refractivity contribution in [3.8, 4) is 11.4 Å². The summed E-state index contributed by atoms with van der Waals surface area (Å²) < 4.78 is 14.9. The van der Waals surface area contributed by atoms with Gasteiger partial charge in [0.05, 0.1) is 17.1 Å². The van der Waals surface area contributed by atoms with Gasteiger partial charge in [0.2, 0.25) is 0 Å². The van der Waals surface area contributed by atoms with Crippen LogP contribution in [0.3, 0.4) is 0 Å². The number of phenolic OH excluding ortho intramolecular Hbond substituents is 1. The van der Waals surface area contributed by atoms with Crippen molar-refractivity contribution < 1.29 is 9.50 Å². The Hall–Kier alpha value is -3.55. The summed E-state index contributed by atoms with van der Waals surface area (Å²) in [5.74, 6) is 0.969. The van der Waals surface area contributed by atoms with Gasteiger partial charge in [-0.05, 0) is 49.4 Å². The maximum Gasteiger partial charge on any atom is 0.194 e. The van der Waals surface area contributed by atoms with Crippen LogP contribution in [0.2, 0.25) is 0 Å². The summed E-state index contributed by atoms with van der Waals surface area (Å²) >= 11 is 0. The molecule has 3 aromatic rings. The lowest BCUT2D eigenvalue weighted by molar-refractivity contribution is 0.370. The largest absolute Gasteiger partial charge is 0.506 e. The smallest absolute Gasteiger partial charge is 0.194 e. The predicted molar refractivity (Wildman–Crippen MR) is 125 cm³/mol. The van der Waals surface area contributed by atoms with E-state index in [2.05, 4.69) is 27.1 Å². The van der Waals surface area contributed by atoms with Crippen molar-refractivity contribution in [1.29, 1.82) is 0 Å². The van der Waals surface area contributed by atoms with Crippen molar-refractivity contribution in [2.75, 3.05) is 44.2 Å². The van der Waals surface area contributed by atoms with E-state index in [1.54, 1.807) is 22.9 Å². The number of halogens is 1. The summed E-state index contributed by atoms with van der Waals surface area (Å²) in [4.78, 5) is 9.27. The number of hydrogen-bond donors (Lipinski definition) is 2. The van der Waals surface area contributed by atoms with Crippen LogP contribution in [0.4, 0.5) is 10.1 Å². The van der Waals surface area contributed by atoms with Crippen LogP contribution >= 0.6 is 0 Å². The van der Waals surface area contributed by atoms with Gasteiger partial charge in [-0.2, -0.15) is 5.10 Å². The molecule has 0 amide bonds. The maximum absolute atomic E-state index is 13.1. The first-order chi connectivity index (χ1) is 15.6. The quantitative estimate of drug-likeness (QED) is 0.459. The Morgan fingerprint density at radius 2 is 1.81 bits per heavy atom. The number of benzene rings is 2. The van der Waals surface area contributed by atoms with E-state index in [1.165, 1.54) is 12.1 Å². The second-order valence-corrected chi connectivity index (χ2v) is 7.68. The zero-order chi connectivity index (χ0) is 22.3. The molecule has 0 unspecified atom stereocenters. The third kappa shape index (κ3) is 5.19. The molecule has 2 N–H and O–H groups in total. The Morgan fingerprint density at radius 1 is 1.06 bits per heavy atom. The first-order valence-electron chi connectivity index (χ1n) is 11.0. The molecule has 32 heavy (non-hydrogen) atoms. The van der Waals surface area contributed by atoms with Crippen molar-refractivity contribution >= 4 is 11.6 Å². The minimum absolute atomic E-state index is 0.257. The monoisotopic (exact) mass is 436 g/mol. The van der Waals surface area contributed by atoms with Gasteiger partial charge in [-0.1, -0.05) is 12.1 Å². The number of nitrogens with zero attached hydrogens (tertiary/aromatic N) is 5. The molecule has 0 saturated carbocycles. The molecule has 1 aliphatic heterocycles. The van der Waals surface area contributed by atoms with Crippen LogP contribution in [0, 0.1) is 5.82 Å². The van der Waals surface area contributed by atoms with E-state index >= 15 is 0 Å². The normalized spacial score (nSPS) is 14.6. The van der Waals surface area contributed by atoms with Crippen LogP contribution in [0.15, 0.2) is 65.8 Å². The minimum atomic E-state index is -0.257. The van der Waals surface area contributed by atoms with Gasteiger partial charge in [0.1, 0.15) is 11.6 Å². The second-order valence-electron chi connectivity index (χ2n) is 7.68. The molecule has 0 spiro atoms. The highest BCUT2D eigenvalue weighted by molar-refractivity contribution is 5.80. The number of para-hydroxylation sites is 2. The Kier molecular flexibility index (Phi) is 6.89. The fourth-order valence-electron chi connectivity index (χ4n) is 3.83. The third-order valence-corrected chi connectivity index (χ3v) is 5.50. The molecule has 8 heteroatoms. The Bertz CT molecular complexity index is 1040. The van der Waals surface area contributed by atoms with Gasteiger partial charge in [-0.3, -0.25) is 4.99 Å². The maximum atomic E-state index is 13.1. The van der Waals surface area contributed by atoms with Gasteiger partial charge in [-0.15, -0.1) is 0 Å². The number of aliphatic imine (C=N–C) groups is 1. The van der Waals surface area contributed by atoms with Crippen molar-refractivity contribution in [3.63, 3.8) is 0 Å². The fourth-order valence-corrected chi connectivity index (χ4v) is 3.83. The topological polar surface area (TPSA) is 68.9 Å². The molecule has 1 aromatic heterocycles. The average molecular weight is 437 g/mol. The van der Waals surface area contributed by atoms with Crippen molar-refractivity contribution in [3.05, 3.63) is 72.3 Å². The first kappa shape index (κ1) is 21.7. The molecule has 7 nitrogen and oxygen atoms in total. The number of aromatic nitrogens is 2. The van der Waals surface area contributed by atoms with Crippen LogP contribution < -0.4 is 10.2 Å². The Labute approximate surface area is 187 Å². The predicted octanol–water partition coefficient (Wildman–Crippen LogP) is 3.05. The van der Waals surface area contributed by atoms with E-state index in [-0.39, 0.29) is 5.82 Å².